The SMILES string of the molecule is C=C(NC(=O)c1ccc2c(n1)-c1nc(oc1C)[C@H](C)NC(=O)c1csc(n1)[C@@H](C)NC(=O)c1nc(oc1C)CNC(=O)[C@@H](C(C)C)NC(=O)c1csc-2n1)C(N)=O. The van der Waals surface area contributed by atoms with Gasteiger partial charge in [-0.1, -0.05) is 20.4 Å². The molecule has 8 bridgehead atoms. The van der Waals surface area contributed by atoms with Gasteiger partial charge in [0.1, 0.15) is 62.1 Å². The van der Waals surface area contributed by atoms with Crippen LogP contribution in [0, 0.1) is 19.8 Å². The third-order valence-electron chi connectivity index (χ3n) is 8.59. The maximum absolute atomic E-state index is 13.5. The van der Waals surface area contributed by atoms with E-state index in [-0.39, 0.29) is 75.6 Å². The molecule has 19 nitrogen and oxygen atoms in total. The number of nitrogens with zero attached hydrogens (tertiary/aromatic N) is 5. The minimum atomic E-state index is -0.993. The summed E-state index contributed by atoms with van der Waals surface area (Å²) in [4.78, 5) is 101. The molecule has 0 saturated carbocycles. The van der Waals surface area contributed by atoms with Gasteiger partial charge in [-0.3, -0.25) is 28.8 Å². The van der Waals surface area contributed by atoms with Crippen molar-refractivity contribution in [3.05, 3.63) is 86.3 Å². The van der Waals surface area contributed by atoms with E-state index in [1.165, 1.54) is 22.8 Å². The molecule has 5 aromatic heterocycles. The van der Waals surface area contributed by atoms with Crippen LogP contribution in [0.3, 0.4) is 0 Å². The lowest BCUT2D eigenvalue weighted by Crippen LogP contribution is -2.49. The maximum Gasteiger partial charge on any atom is 0.274 e. The standard InChI is InChI=1S/C36H37N11O8S2/c1-13(2)24-32(52)38-10-23-45-26(18(7)54-23)33(53)41-16(5)35-43-21(11-56-35)30(50)40-15(4)34-47-25(17(6)55-34)27-19(36-44-22(12-57-36)31(51)46-24)8-9-20(42-27)29(49)39-14(3)28(37)48/h8-9,11-13,15-16,24H,3,10H2,1-2,4-7H3,(H2,37,48)(H,38,52)(H,39,49)(H,40,50)(H,41,53)(H,46,51)/t15-,16+,24+/m0/s1. The van der Waals surface area contributed by atoms with Crippen molar-refractivity contribution in [2.45, 2.75) is 66.2 Å². The molecule has 0 radical (unpaired) electrons. The van der Waals surface area contributed by atoms with Gasteiger partial charge in [0, 0.05) is 16.3 Å². The fraction of sp³-hybridized carbons (Fsp3) is 0.306. The van der Waals surface area contributed by atoms with Crippen LogP contribution in [0.25, 0.3) is 22.0 Å². The van der Waals surface area contributed by atoms with Gasteiger partial charge in [-0.15, -0.1) is 22.7 Å². The lowest BCUT2D eigenvalue weighted by Gasteiger charge is -2.20. The predicted molar refractivity (Wildman–Crippen MR) is 204 cm³/mol. The molecule has 1 aliphatic heterocycles. The highest BCUT2D eigenvalue weighted by Gasteiger charge is 2.29. The van der Waals surface area contributed by atoms with Crippen molar-refractivity contribution in [3.63, 3.8) is 0 Å². The van der Waals surface area contributed by atoms with E-state index in [1.807, 2.05) is 0 Å². The summed E-state index contributed by atoms with van der Waals surface area (Å²) in [6.45, 7) is 13.3. The molecule has 57 heavy (non-hydrogen) atoms. The molecule has 0 aromatic carbocycles. The van der Waals surface area contributed by atoms with Gasteiger partial charge in [0.2, 0.25) is 17.7 Å². The van der Waals surface area contributed by atoms with E-state index in [9.17, 15) is 28.8 Å². The molecule has 0 unspecified atom stereocenters. The minimum absolute atomic E-state index is 0.00674. The number of carbonyl (C=O) groups is 6. The first-order chi connectivity index (χ1) is 27.0. The predicted octanol–water partition coefficient (Wildman–Crippen LogP) is 3.02. The number of nitrogens with two attached hydrogens (primary N) is 1. The van der Waals surface area contributed by atoms with Crippen LogP contribution in [-0.2, 0) is 16.1 Å². The number of hydrogen-bond acceptors (Lipinski definition) is 15. The number of oxazole rings is 2. The Morgan fingerprint density at radius 2 is 1.51 bits per heavy atom. The van der Waals surface area contributed by atoms with Gasteiger partial charge in [-0.2, -0.15) is 0 Å². The molecule has 7 N–H and O–H groups in total. The first-order valence-corrected chi connectivity index (χ1v) is 19.1. The van der Waals surface area contributed by atoms with Crippen LogP contribution in [0.5, 0.6) is 0 Å². The third-order valence-corrected chi connectivity index (χ3v) is 10.5. The highest BCUT2D eigenvalue weighted by atomic mass is 32.1. The molecule has 5 aromatic rings. The highest BCUT2D eigenvalue weighted by Crippen LogP contribution is 2.35. The second-order valence-electron chi connectivity index (χ2n) is 13.3. The minimum Gasteiger partial charge on any atom is -0.443 e. The molecule has 3 atom stereocenters. The van der Waals surface area contributed by atoms with Gasteiger partial charge in [0.25, 0.3) is 29.5 Å². The summed E-state index contributed by atoms with van der Waals surface area (Å²) in [6, 6.07) is 0.529. The molecule has 6 amide bonds. The van der Waals surface area contributed by atoms with Crippen LogP contribution in [0.1, 0.15) is 110 Å². The van der Waals surface area contributed by atoms with Gasteiger partial charge in [-0.05, 0) is 45.7 Å². The number of rotatable bonds is 4. The number of amides is 6. The normalized spacial score (nSPS) is 17.8. The monoisotopic (exact) mass is 815 g/mol. The molecule has 296 valence electrons. The van der Waals surface area contributed by atoms with Crippen LogP contribution >= 0.6 is 22.7 Å². The molecular formula is C36H37N11O8S2. The van der Waals surface area contributed by atoms with E-state index in [4.69, 9.17) is 14.6 Å². The Morgan fingerprint density at radius 3 is 2.23 bits per heavy atom. The Labute approximate surface area is 332 Å². The number of thiazole rings is 2. The second-order valence-corrected chi connectivity index (χ2v) is 15.0. The Morgan fingerprint density at radius 1 is 0.842 bits per heavy atom. The molecule has 0 spiro atoms. The van der Waals surface area contributed by atoms with Crippen molar-refractivity contribution < 1.29 is 37.6 Å². The van der Waals surface area contributed by atoms with Crippen molar-refractivity contribution in [1.29, 1.82) is 0 Å². The topological polar surface area (TPSA) is 279 Å². The fourth-order valence-corrected chi connectivity index (χ4v) is 7.17. The molecule has 21 heteroatoms. The number of aryl methyl sites for hydroxylation is 2. The van der Waals surface area contributed by atoms with Crippen LogP contribution in [0.2, 0.25) is 0 Å². The summed E-state index contributed by atoms with van der Waals surface area (Å²) in [5, 5.41) is 17.2. The van der Waals surface area contributed by atoms with Gasteiger partial charge >= 0.3 is 0 Å². The van der Waals surface area contributed by atoms with Crippen LogP contribution in [-0.4, -0.2) is 66.4 Å². The number of pyridine rings is 1. The molecule has 6 heterocycles. The zero-order valence-corrected chi connectivity index (χ0v) is 33.1. The number of hydrogen-bond donors (Lipinski definition) is 6. The summed E-state index contributed by atoms with van der Waals surface area (Å²) in [7, 11) is 0. The first kappa shape index (κ1) is 40.1. The quantitative estimate of drug-likeness (QED) is 0.143. The number of nitrogens with one attached hydrogen (secondary N) is 5. The largest absolute Gasteiger partial charge is 0.443 e. The van der Waals surface area contributed by atoms with E-state index in [0.717, 1.165) is 11.3 Å². The molecule has 0 fully saturated rings. The number of fused-ring (bicyclic) bond motifs is 11. The lowest BCUT2D eigenvalue weighted by molar-refractivity contribution is -0.124. The molecule has 0 saturated heterocycles. The number of aromatic nitrogens is 5. The number of primary amides is 1. The summed E-state index contributed by atoms with van der Waals surface area (Å²) in [5.74, 6) is -3.68. The van der Waals surface area contributed by atoms with E-state index < -0.39 is 53.6 Å². The Hall–Kier alpha value is -6.61. The maximum atomic E-state index is 13.5. The van der Waals surface area contributed by atoms with Gasteiger partial charge in [0.15, 0.2) is 5.69 Å². The summed E-state index contributed by atoms with van der Waals surface area (Å²) >= 11 is 2.26. The Bertz CT molecular complexity index is 2450. The first-order valence-electron chi connectivity index (χ1n) is 17.4. The molecule has 1 aliphatic rings. The van der Waals surface area contributed by atoms with Crippen LogP contribution in [0.15, 0.2) is 44.0 Å². The lowest BCUT2D eigenvalue weighted by atomic mass is 10.0. The summed E-state index contributed by atoms with van der Waals surface area (Å²) < 4.78 is 11.7. The fourth-order valence-electron chi connectivity index (χ4n) is 5.54. The average Bonchev–Trinajstić information content (AvgIpc) is 3.98. The van der Waals surface area contributed by atoms with E-state index >= 15 is 0 Å². The van der Waals surface area contributed by atoms with E-state index in [1.54, 1.807) is 53.0 Å². The van der Waals surface area contributed by atoms with Gasteiger partial charge in [-0.25, -0.2) is 24.9 Å². The van der Waals surface area contributed by atoms with E-state index in [2.05, 4.69) is 58.1 Å². The average molecular weight is 816 g/mol. The number of carbonyl (C=O) groups excluding carboxylic acids is 6. The zero-order chi connectivity index (χ0) is 41.3. The van der Waals surface area contributed by atoms with Crippen molar-refractivity contribution in [2.75, 3.05) is 0 Å². The second kappa shape index (κ2) is 16.2. The molecular weight excluding hydrogens is 779 g/mol. The third kappa shape index (κ3) is 8.63. The smallest absolute Gasteiger partial charge is 0.274 e. The Balaban J connectivity index is 1.40. The Kier molecular flexibility index (Phi) is 11.4. The van der Waals surface area contributed by atoms with Crippen LogP contribution in [0.4, 0.5) is 0 Å². The van der Waals surface area contributed by atoms with Crippen molar-refractivity contribution in [1.82, 2.24) is 51.5 Å². The highest BCUT2D eigenvalue weighted by molar-refractivity contribution is 7.13. The van der Waals surface area contributed by atoms with Gasteiger partial charge < -0.3 is 41.2 Å². The molecule has 6 rings (SSSR count). The van der Waals surface area contributed by atoms with Crippen LogP contribution < -0.4 is 32.3 Å². The van der Waals surface area contributed by atoms with Crippen molar-refractivity contribution >= 4 is 58.1 Å². The molecule has 0 aliphatic carbocycles. The zero-order valence-electron chi connectivity index (χ0n) is 31.4. The summed E-state index contributed by atoms with van der Waals surface area (Å²) in [5.41, 5.74) is 5.54. The summed E-state index contributed by atoms with van der Waals surface area (Å²) in [6.07, 6.45) is 0. The van der Waals surface area contributed by atoms with Crippen molar-refractivity contribution in [2.24, 2.45) is 11.7 Å². The van der Waals surface area contributed by atoms with Crippen molar-refractivity contribution in [3.8, 4) is 22.0 Å². The van der Waals surface area contributed by atoms with E-state index in [0.29, 0.717) is 15.6 Å². The van der Waals surface area contributed by atoms with Gasteiger partial charge in [0.05, 0.1) is 18.3 Å².